The number of hydrogen-bond donors (Lipinski definition) is 3. The number of aliphatic hydroxyl groups excluding tert-OH is 2. The van der Waals surface area contributed by atoms with Crippen molar-refractivity contribution in [3.05, 3.63) is 29.3 Å². The average molecular weight is 359 g/mol. The van der Waals surface area contributed by atoms with Crippen molar-refractivity contribution in [2.24, 2.45) is 23.0 Å². The van der Waals surface area contributed by atoms with E-state index in [0.29, 0.717) is 30.1 Å². The summed E-state index contributed by atoms with van der Waals surface area (Å²) in [5.74, 6) is 1.79. The summed E-state index contributed by atoms with van der Waals surface area (Å²) in [5, 5.41) is 19.0. The molecule has 142 valence electrons. The molecular formula is C21H29NO4. The van der Waals surface area contributed by atoms with Crippen LogP contribution in [0.3, 0.4) is 0 Å². The molecule has 4 N–H and O–H groups in total. The van der Waals surface area contributed by atoms with Crippen molar-refractivity contribution >= 4 is 5.97 Å². The number of aliphatic hydroxyl groups is 2. The van der Waals surface area contributed by atoms with Gasteiger partial charge in [-0.05, 0) is 85.0 Å². The maximum Gasteiger partial charge on any atom is 0.330 e. The maximum absolute atomic E-state index is 11.8. The Labute approximate surface area is 154 Å². The van der Waals surface area contributed by atoms with Gasteiger partial charge < -0.3 is 20.7 Å². The Morgan fingerprint density at radius 1 is 1.27 bits per heavy atom. The number of hydrogen-bond acceptors (Lipinski definition) is 5. The molecule has 1 aromatic carbocycles. The summed E-state index contributed by atoms with van der Waals surface area (Å²) in [6.45, 7) is -0.0741. The number of nitrogens with two attached hydrogens (primary N) is 1. The van der Waals surface area contributed by atoms with Crippen molar-refractivity contribution in [1.29, 1.82) is 0 Å². The fraction of sp³-hybridized carbons (Fsp3) is 0.667. The summed E-state index contributed by atoms with van der Waals surface area (Å²) >= 11 is 0. The molecule has 0 bridgehead atoms. The second-order valence-electron chi connectivity index (χ2n) is 8.44. The van der Waals surface area contributed by atoms with Gasteiger partial charge in [0, 0.05) is 6.61 Å². The highest BCUT2D eigenvalue weighted by Crippen LogP contribution is 2.60. The van der Waals surface area contributed by atoms with Crippen molar-refractivity contribution in [1.82, 2.24) is 0 Å². The van der Waals surface area contributed by atoms with Gasteiger partial charge in [-0.25, -0.2) is 4.79 Å². The minimum absolute atomic E-state index is 0.175. The van der Waals surface area contributed by atoms with Gasteiger partial charge in [0.25, 0.3) is 0 Å². The van der Waals surface area contributed by atoms with E-state index < -0.39 is 18.6 Å². The van der Waals surface area contributed by atoms with E-state index in [1.165, 1.54) is 30.4 Å². The molecule has 0 radical (unpaired) electrons. The van der Waals surface area contributed by atoms with E-state index in [4.69, 9.17) is 15.6 Å². The molecule has 0 heterocycles. The molecule has 5 nitrogen and oxygen atoms in total. The molecule has 1 aromatic rings. The largest absolute Gasteiger partial charge is 0.425 e. The molecule has 26 heavy (non-hydrogen) atoms. The van der Waals surface area contributed by atoms with Crippen LogP contribution in [-0.2, 0) is 11.2 Å². The standard InChI is InChI=1S/C21H29NO4/c22-19(11-23)20(25)26-14-4-6-15-13(10-14)3-5-17-16(15)7-9-21(12-24)8-1-2-18(17)21/h4,6,10,16-19,23-24H,1-3,5,7-9,11-12,22H2/t16?,17?,18?,19-,21+/m1/s1. The fourth-order valence-corrected chi connectivity index (χ4v) is 5.96. The number of benzene rings is 1. The molecule has 3 aliphatic carbocycles. The van der Waals surface area contributed by atoms with Crippen molar-refractivity contribution < 1.29 is 19.7 Å². The van der Waals surface area contributed by atoms with Gasteiger partial charge in [-0.1, -0.05) is 12.5 Å². The Morgan fingerprint density at radius 2 is 2.12 bits per heavy atom. The molecule has 0 aliphatic heterocycles. The Hall–Kier alpha value is -1.43. The van der Waals surface area contributed by atoms with Gasteiger partial charge in [-0.2, -0.15) is 0 Å². The molecule has 3 unspecified atom stereocenters. The second-order valence-corrected chi connectivity index (χ2v) is 8.44. The molecule has 5 heteroatoms. The third-order valence-electron chi connectivity index (χ3n) is 7.26. The van der Waals surface area contributed by atoms with Gasteiger partial charge >= 0.3 is 5.97 Å². The predicted octanol–water partition coefficient (Wildman–Crippen LogP) is 2.13. The lowest BCUT2D eigenvalue weighted by molar-refractivity contribution is -0.136. The molecule has 0 spiro atoms. The van der Waals surface area contributed by atoms with Crippen LogP contribution in [0.4, 0.5) is 0 Å². The fourth-order valence-electron chi connectivity index (χ4n) is 5.96. The molecule has 0 amide bonds. The average Bonchev–Trinajstić information content (AvgIpc) is 3.11. The molecule has 3 aliphatic rings. The van der Waals surface area contributed by atoms with Crippen LogP contribution in [0, 0.1) is 17.3 Å². The first-order valence-corrected chi connectivity index (χ1v) is 9.90. The van der Waals surface area contributed by atoms with E-state index in [0.717, 1.165) is 25.7 Å². The van der Waals surface area contributed by atoms with Crippen molar-refractivity contribution in [3.8, 4) is 5.75 Å². The van der Waals surface area contributed by atoms with Gasteiger partial charge in [0.05, 0.1) is 6.61 Å². The van der Waals surface area contributed by atoms with Gasteiger partial charge in [0.1, 0.15) is 11.8 Å². The number of aryl methyl sites for hydroxylation is 1. The van der Waals surface area contributed by atoms with E-state index in [1.54, 1.807) is 0 Å². The van der Waals surface area contributed by atoms with Gasteiger partial charge in [-0.15, -0.1) is 0 Å². The van der Waals surface area contributed by atoms with E-state index >= 15 is 0 Å². The van der Waals surface area contributed by atoms with Crippen LogP contribution in [-0.4, -0.2) is 35.4 Å². The highest BCUT2D eigenvalue weighted by atomic mass is 16.5. The lowest BCUT2D eigenvalue weighted by Gasteiger charge is -2.50. The summed E-state index contributed by atoms with van der Waals surface area (Å²) in [5.41, 5.74) is 8.36. The number of rotatable bonds is 4. The Kier molecular flexibility index (Phi) is 4.80. The van der Waals surface area contributed by atoms with Crippen LogP contribution in [0.25, 0.3) is 0 Å². The molecule has 2 fully saturated rings. The lowest BCUT2D eigenvalue weighted by Crippen LogP contribution is -2.43. The molecular weight excluding hydrogens is 330 g/mol. The van der Waals surface area contributed by atoms with Gasteiger partial charge in [0.15, 0.2) is 0 Å². The third-order valence-corrected chi connectivity index (χ3v) is 7.26. The minimum Gasteiger partial charge on any atom is -0.425 e. The second kappa shape index (κ2) is 6.95. The highest BCUT2D eigenvalue weighted by Gasteiger charge is 2.52. The monoisotopic (exact) mass is 359 g/mol. The molecule has 5 atom stereocenters. The molecule has 2 saturated carbocycles. The molecule has 4 rings (SSSR count). The van der Waals surface area contributed by atoms with Crippen molar-refractivity contribution in [2.75, 3.05) is 13.2 Å². The SMILES string of the molecule is N[C@H](CO)C(=O)Oc1ccc2c(c1)CCC1C2CC[C@]2(CO)CCCC12. The van der Waals surface area contributed by atoms with E-state index in [-0.39, 0.29) is 5.41 Å². The van der Waals surface area contributed by atoms with Gasteiger partial charge in [-0.3, -0.25) is 0 Å². The zero-order valence-corrected chi connectivity index (χ0v) is 15.2. The normalized spacial score (nSPS) is 33.7. The Morgan fingerprint density at radius 3 is 2.88 bits per heavy atom. The number of fused-ring (bicyclic) bond motifs is 5. The highest BCUT2D eigenvalue weighted by molar-refractivity contribution is 5.78. The number of esters is 1. The van der Waals surface area contributed by atoms with Crippen LogP contribution in [0.15, 0.2) is 18.2 Å². The Bertz CT molecular complexity index is 691. The van der Waals surface area contributed by atoms with Crippen LogP contribution in [0.2, 0.25) is 0 Å². The Balaban J connectivity index is 1.55. The maximum atomic E-state index is 11.8. The van der Waals surface area contributed by atoms with Crippen LogP contribution >= 0.6 is 0 Å². The first-order valence-electron chi connectivity index (χ1n) is 9.90. The van der Waals surface area contributed by atoms with Gasteiger partial charge in [0.2, 0.25) is 0 Å². The van der Waals surface area contributed by atoms with Crippen LogP contribution in [0.1, 0.15) is 55.6 Å². The van der Waals surface area contributed by atoms with Crippen LogP contribution < -0.4 is 10.5 Å². The number of carbonyl (C=O) groups is 1. The van der Waals surface area contributed by atoms with E-state index in [2.05, 4.69) is 6.07 Å². The van der Waals surface area contributed by atoms with E-state index in [9.17, 15) is 9.90 Å². The van der Waals surface area contributed by atoms with Crippen LogP contribution in [0.5, 0.6) is 5.75 Å². The number of carbonyl (C=O) groups excluding carboxylic acids is 1. The van der Waals surface area contributed by atoms with Crippen molar-refractivity contribution in [3.63, 3.8) is 0 Å². The number of ether oxygens (including phenoxy) is 1. The summed E-state index contributed by atoms with van der Waals surface area (Å²) in [4.78, 5) is 11.8. The first kappa shape index (κ1) is 18.0. The topological polar surface area (TPSA) is 92.8 Å². The molecule has 0 saturated heterocycles. The smallest absolute Gasteiger partial charge is 0.330 e. The quantitative estimate of drug-likeness (QED) is 0.566. The molecule has 0 aromatic heterocycles. The summed E-state index contributed by atoms with van der Waals surface area (Å²) in [6.07, 6.45) is 8.10. The summed E-state index contributed by atoms with van der Waals surface area (Å²) < 4.78 is 5.31. The summed E-state index contributed by atoms with van der Waals surface area (Å²) in [7, 11) is 0. The summed E-state index contributed by atoms with van der Waals surface area (Å²) in [6, 6.07) is 4.94. The zero-order chi connectivity index (χ0) is 18.3. The minimum atomic E-state index is -0.997. The third kappa shape index (κ3) is 2.86. The first-order chi connectivity index (χ1) is 12.6. The zero-order valence-electron chi connectivity index (χ0n) is 15.2. The van der Waals surface area contributed by atoms with Crippen molar-refractivity contribution in [2.45, 2.75) is 56.9 Å². The predicted molar refractivity (Wildman–Crippen MR) is 97.8 cm³/mol. The van der Waals surface area contributed by atoms with E-state index in [1.807, 2.05) is 12.1 Å². The lowest BCUT2D eigenvalue weighted by atomic mass is 9.55.